The second-order valence-electron chi connectivity index (χ2n) is 4.05. The molecule has 0 bridgehead atoms. The molecule has 2 aromatic rings. The van der Waals surface area contributed by atoms with Gasteiger partial charge in [-0.1, -0.05) is 11.3 Å². The summed E-state index contributed by atoms with van der Waals surface area (Å²) in [6.07, 6.45) is 2.75. The molecule has 6 nitrogen and oxygen atoms in total. The SMILES string of the molecule is COc1cccc(-c2cn(CCCN)nn2)c1OC. The van der Waals surface area contributed by atoms with Crippen LogP contribution in [0, 0.1) is 0 Å². The average molecular weight is 262 g/mol. The molecule has 0 aliphatic carbocycles. The Bertz CT molecular complexity index is 539. The van der Waals surface area contributed by atoms with Crippen LogP contribution in [0.15, 0.2) is 24.4 Å². The molecule has 1 aromatic heterocycles. The first-order chi connectivity index (χ1) is 9.30. The van der Waals surface area contributed by atoms with E-state index < -0.39 is 0 Å². The number of benzene rings is 1. The van der Waals surface area contributed by atoms with Crippen LogP contribution in [0.5, 0.6) is 11.5 Å². The van der Waals surface area contributed by atoms with Gasteiger partial charge >= 0.3 is 0 Å². The number of hydrogen-bond acceptors (Lipinski definition) is 5. The Morgan fingerprint density at radius 1 is 1.26 bits per heavy atom. The number of aryl methyl sites for hydroxylation is 1. The topological polar surface area (TPSA) is 75.2 Å². The third-order valence-electron chi connectivity index (χ3n) is 2.81. The van der Waals surface area contributed by atoms with Crippen molar-refractivity contribution in [3.8, 4) is 22.8 Å². The van der Waals surface area contributed by atoms with Crippen LogP contribution in [0.3, 0.4) is 0 Å². The first-order valence-corrected chi connectivity index (χ1v) is 6.11. The highest BCUT2D eigenvalue weighted by Gasteiger charge is 2.14. The third kappa shape index (κ3) is 2.85. The highest BCUT2D eigenvalue weighted by atomic mass is 16.5. The van der Waals surface area contributed by atoms with Crippen molar-refractivity contribution in [2.45, 2.75) is 13.0 Å². The van der Waals surface area contributed by atoms with E-state index in [4.69, 9.17) is 15.2 Å². The van der Waals surface area contributed by atoms with Crippen LogP contribution in [0.25, 0.3) is 11.3 Å². The molecule has 1 aromatic carbocycles. The molecule has 2 N–H and O–H groups in total. The Labute approximate surface area is 112 Å². The zero-order valence-corrected chi connectivity index (χ0v) is 11.2. The van der Waals surface area contributed by atoms with Gasteiger partial charge in [-0.25, -0.2) is 0 Å². The van der Waals surface area contributed by atoms with Crippen molar-refractivity contribution in [2.24, 2.45) is 5.73 Å². The normalized spacial score (nSPS) is 10.5. The second-order valence-corrected chi connectivity index (χ2v) is 4.05. The first-order valence-electron chi connectivity index (χ1n) is 6.11. The van der Waals surface area contributed by atoms with E-state index in [1.54, 1.807) is 18.9 Å². The Hall–Kier alpha value is -2.08. The third-order valence-corrected chi connectivity index (χ3v) is 2.81. The number of nitrogens with zero attached hydrogens (tertiary/aromatic N) is 3. The molecular weight excluding hydrogens is 244 g/mol. The minimum atomic E-state index is 0.637. The molecule has 19 heavy (non-hydrogen) atoms. The molecule has 0 radical (unpaired) electrons. The quantitative estimate of drug-likeness (QED) is 0.849. The van der Waals surface area contributed by atoms with Gasteiger partial charge in [0.05, 0.1) is 20.4 Å². The van der Waals surface area contributed by atoms with Gasteiger partial charge in [-0.15, -0.1) is 5.10 Å². The summed E-state index contributed by atoms with van der Waals surface area (Å²) in [6.45, 7) is 1.40. The minimum Gasteiger partial charge on any atom is -0.493 e. The molecule has 0 saturated heterocycles. The number of aromatic nitrogens is 3. The highest BCUT2D eigenvalue weighted by Crippen LogP contribution is 2.36. The molecule has 2 rings (SSSR count). The molecule has 6 heteroatoms. The maximum absolute atomic E-state index is 5.48. The van der Waals surface area contributed by atoms with Crippen LogP contribution >= 0.6 is 0 Å². The molecule has 0 fully saturated rings. The number of rotatable bonds is 6. The molecule has 0 amide bonds. The van der Waals surface area contributed by atoms with Gasteiger partial charge < -0.3 is 15.2 Å². The number of ether oxygens (including phenoxy) is 2. The fourth-order valence-corrected chi connectivity index (χ4v) is 1.87. The molecule has 0 saturated carbocycles. The molecule has 0 atom stereocenters. The summed E-state index contributed by atoms with van der Waals surface area (Å²) in [6, 6.07) is 5.68. The summed E-state index contributed by atoms with van der Waals surface area (Å²) in [5.74, 6) is 1.34. The van der Waals surface area contributed by atoms with Crippen molar-refractivity contribution in [2.75, 3.05) is 20.8 Å². The molecule has 1 heterocycles. The first kappa shape index (κ1) is 13.4. The minimum absolute atomic E-state index is 0.637. The van der Waals surface area contributed by atoms with Crippen LogP contribution in [-0.4, -0.2) is 35.8 Å². The van der Waals surface area contributed by atoms with E-state index in [0.717, 1.165) is 24.2 Å². The van der Waals surface area contributed by atoms with Gasteiger partial charge in [0.1, 0.15) is 5.69 Å². The van der Waals surface area contributed by atoms with Gasteiger partial charge in [0.25, 0.3) is 0 Å². The van der Waals surface area contributed by atoms with Crippen LogP contribution in [0.2, 0.25) is 0 Å². The van der Waals surface area contributed by atoms with E-state index >= 15 is 0 Å². The van der Waals surface area contributed by atoms with Crippen molar-refractivity contribution < 1.29 is 9.47 Å². The summed E-state index contributed by atoms with van der Waals surface area (Å²) in [5.41, 5.74) is 7.10. The fraction of sp³-hybridized carbons (Fsp3) is 0.385. The summed E-state index contributed by atoms with van der Waals surface area (Å²) in [4.78, 5) is 0. The van der Waals surface area contributed by atoms with Crippen LogP contribution in [0.1, 0.15) is 6.42 Å². The van der Waals surface area contributed by atoms with Gasteiger partial charge in [0, 0.05) is 12.1 Å². The maximum Gasteiger partial charge on any atom is 0.170 e. The van der Waals surface area contributed by atoms with Crippen molar-refractivity contribution >= 4 is 0 Å². The van der Waals surface area contributed by atoms with Gasteiger partial charge in [-0.2, -0.15) is 0 Å². The Morgan fingerprint density at radius 2 is 2.11 bits per heavy atom. The molecule has 0 aliphatic rings. The predicted molar refractivity (Wildman–Crippen MR) is 72.2 cm³/mol. The van der Waals surface area contributed by atoms with Crippen LogP contribution in [0.4, 0.5) is 0 Å². The van der Waals surface area contributed by atoms with Gasteiger partial charge in [0.2, 0.25) is 0 Å². The number of methoxy groups -OCH3 is 2. The lowest BCUT2D eigenvalue weighted by atomic mass is 10.1. The summed E-state index contributed by atoms with van der Waals surface area (Å²) >= 11 is 0. The Balaban J connectivity index is 2.33. The van der Waals surface area contributed by atoms with E-state index in [1.165, 1.54) is 0 Å². The standard InChI is InChI=1S/C13H18N4O2/c1-18-12-6-3-5-10(13(12)19-2)11-9-17(16-15-11)8-4-7-14/h3,5-6,9H,4,7-8,14H2,1-2H3. The van der Waals surface area contributed by atoms with Crippen molar-refractivity contribution in [3.63, 3.8) is 0 Å². The summed E-state index contributed by atoms with van der Waals surface area (Å²) in [7, 11) is 3.22. The number of nitrogens with two attached hydrogens (primary N) is 1. The van der Waals surface area contributed by atoms with Crippen molar-refractivity contribution in [1.29, 1.82) is 0 Å². The smallest absolute Gasteiger partial charge is 0.170 e. The largest absolute Gasteiger partial charge is 0.493 e. The Kier molecular flexibility index (Phi) is 4.35. The Morgan fingerprint density at radius 3 is 2.79 bits per heavy atom. The van der Waals surface area contributed by atoms with E-state index in [2.05, 4.69) is 10.3 Å². The van der Waals surface area contributed by atoms with Crippen LogP contribution < -0.4 is 15.2 Å². The molecule has 102 valence electrons. The fourth-order valence-electron chi connectivity index (χ4n) is 1.87. The van der Waals surface area contributed by atoms with E-state index in [0.29, 0.717) is 18.0 Å². The average Bonchev–Trinajstić information content (AvgIpc) is 2.92. The predicted octanol–water partition coefficient (Wildman–Crippen LogP) is 1.31. The lowest BCUT2D eigenvalue weighted by Crippen LogP contribution is -2.06. The van der Waals surface area contributed by atoms with E-state index in [-0.39, 0.29) is 0 Å². The molecule has 0 spiro atoms. The summed E-state index contributed by atoms with van der Waals surface area (Å²) in [5, 5.41) is 8.24. The number of para-hydroxylation sites is 1. The van der Waals surface area contributed by atoms with Gasteiger partial charge in [0.15, 0.2) is 11.5 Å². The molecule has 0 aliphatic heterocycles. The molecular formula is C13H18N4O2. The monoisotopic (exact) mass is 262 g/mol. The maximum atomic E-state index is 5.48. The van der Waals surface area contributed by atoms with E-state index in [1.807, 2.05) is 24.4 Å². The van der Waals surface area contributed by atoms with E-state index in [9.17, 15) is 0 Å². The van der Waals surface area contributed by atoms with Crippen LogP contribution in [-0.2, 0) is 6.54 Å². The molecule has 0 unspecified atom stereocenters. The lowest BCUT2D eigenvalue weighted by molar-refractivity contribution is 0.356. The summed E-state index contributed by atoms with van der Waals surface area (Å²) < 4.78 is 12.4. The number of hydrogen-bond donors (Lipinski definition) is 1. The lowest BCUT2D eigenvalue weighted by Gasteiger charge is -2.10. The van der Waals surface area contributed by atoms with Crippen molar-refractivity contribution in [3.05, 3.63) is 24.4 Å². The zero-order valence-electron chi connectivity index (χ0n) is 11.2. The second kappa shape index (κ2) is 6.19. The highest BCUT2D eigenvalue weighted by molar-refractivity contribution is 5.70. The van der Waals surface area contributed by atoms with Gasteiger partial charge in [-0.05, 0) is 25.1 Å². The zero-order chi connectivity index (χ0) is 13.7. The van der Waals surface area contributed by atoms with Crippen molar-refractivity contribution in [1.82, 2.24) is 15.0 Å². The van der Waals surface area contributed by atoms with Gasteiger partial charge in [-0.3, -0.25) is 4.68 Å².